The molecule has 0 aliphatic heterocycles. The largest absolute Gasteiger partial charge is 0.452 e. The second-order valence-electron chi connectivity index (χ2n) is 5.89. The standard InChI is InChI=1S/C15H12BrClN2O5S.C3H7NO/c16-9-4-5-13(17)12(6-9)15(21)24-8-14(20)19-10-2-1-3-11(7-10)25(18,22)23;1-4(2)3-5/h1-7H,8H2,(H,19,20)(H2,18,22,23);3H,1-2H3. The molecule has 162 valence electrons. The highest BCUT2D eigenvalue weighted by Crippen LogP contribution is 2.21. The van der Waals surface area contributed by atoms with Gasteiger partial charge in [0.05, 0.1) is 15.5 Å². The molecule has 0 unspecified atom stereocenters. The molecule has 0 spiro atoms. The molecule has 2 amide bonds. The molecule has 0 radical (unpaired) electrons. The Hall–Kier alpha value is -2.47. The van der Waals surface area contributed by atoms with E-state index in [4.69, 9.17) is 21.5 Å². The van der Waals surface area contributed by atoms with Crippen LogP contribution in [0.2, 0.25) is 5.02 Å². The van der Waals surface area contributed by atoms with Gasteiger partial charge in [-0.2, -0.15) is 0 Å². The molecular formula is C18H19BrClN3O6S. The number of carbonyl (C=O) groups excluding carboxylic acids is 3. The van der Waals surface area contributed by atoms with Crippen molar-refractivity contribution in [3.63, 3.8) is 0 Å². The van der Waals surface area contributed by atoms with Crippen molar-refractivity contribution in [3.05, 3.63) is 57.5 Å². The lowest BCUT2D eigenvalue weighted by Gasteiger charge is -2.08. The van der Waals surface area contributed by atoms with Crippen LogP contribution in [-0.2, 0) is 24.3 Å². The number of hydrogen-bond donors (Lipinski definition) is 2. The normalized spacial score (nSPS) is 10.3. The number of amides is 2. The van der Waals surface area contributed by atoms with Crippen LogP contribution in [0.15, 0.2) is 51.8 Å². The van der Waals surface area contributed by atoms with Crippen molar-refractivity contribution in [2.45, 2.75) is 4.90 Å². The summed E-state index contributed by atoms with van der Waals surface area (Å²) in [4.78, 5) is 34.5. The van der Waals surface area contributed by atoms with Crippen LogP contribution in [0.25, 0.3) is 0 Å². The van der Waals surface area contributed by atoms with Crippen LogP contribution >= 0.6 is 27.5 Å². The Morgan fingerprint density at radius 1 is 1.23 bits per heavy atom. The summed E-state index contributed by atoms with van der Waals surface area (Å²) < 4.78 is 28.1. The molecular weight excluding hydrogens is 502 g/mol. The second kappa shape index (κ2) is 11.6. The van der Waals surface area contributed by atoms with Crippen LogP contribution in [0.1, 0.15) is 10.4 Å². The number of ether oxygens (including phenoxy) is 1. The van der Waals surface area contributed by atoms with Crippen molar-refractivity contribution in [3.8, 4) is 0 Å². The van der Waals surface area contributed by atoms with Crippen molar-refractivity contribution in [1.29, 1.82) is 0 Å². The zero-order valence-electron chi connectivity index (χ0n) is 16.0. The summed E-state index contributed by atoms with van der Waals surface area (Å²) in [7, 11) is -0.512. The molecule has 2 aromatic rings. The maximum absolute atomic E-state index is 12.0. The van der Waals surface area contributed by atoms with E-state index in [2.05, 4.69) is 21.2 Å². The minimum absolute atomic E-state index is 0.111. The highest BCUT2D eigenvalue weighted by Gasteiger charge is 2.15. The molecule has 0 heterocycles. The number of primary sulfonamides is 1. The average Bonchev–Trinajstić information content (AvgIpc) is 2.68. The summed E-state index contributed by atoms with van der Waals surface area (Å²) >= 11 is 9.11. The molecule has 0 aliphatic carbocycles. The lowest BCUT2D eigenvalue weighted by molar-refractivity contribution is -0.119. The molecule has 0 aromatic heterocycles. The van der Waals surface area contributed by atoms with Gasteiger partial charge in [-0.25, -0.2) is 18.4 Å². The van der Waals surface area contributed by atoms with Crippen molar-refractivity contribution in [2.24, 2.45) is 5.14 Å². The minimum Gasteiger partial charge on any atom is -0.452 e. The van der Waals surface area contributed by atoms with Crippen LogP contribution in [0.4, 0.5) is 5.69 Å². The SMILES string of the molecule is CN(C)C=O.NS(=O)(=O)c1cccc(NC(=O)COC(=O)c2cc(Br)ccc2Cl)c1. The number of nitrogens with two attached hydrogens (primary N) is 1. The van der Waals surface area contributed by atoms with Gasteiger partial charge in [-0.05, 0) is 36.4 Å². The molecule has 0 fully saturated rings. The van der Waals surface area contributed by atoms with Gasteiger partial charge in [-0.3, -0.25) is 9.59 Å². The van der Waals surface area contributed by atoms with Gasteiger partial charge in [0, 0.05) is 24.3 Å². The molecule has 0 bridgehead atoms. The first-order valence-corrected chi connectivity index (χ1v) is 10.8. The first-order valence-electron chi connectivity index (χ1n) is 8.10. The predicted octanol–water partition coefficient (Wildman–Crippen LogP) is 2.25. The van der Waals surface area contributed by atoms with Gasteiger partial charge in [0.25, 0.3) is 5.91 Å². The van der Waals surface area contributed by atoms with Crippen molar-refractivity contribution in [2.75, 3.05) is 26.0 Å². The Balaban J connectivity index is 0.000000804. The molecule has 0 saturated carbocycles. The second-order valence-corrected chi connectivity index (χ2v) is 8.77. The summed E-state index contributed by atoms with van der Waals surface area (Å²) in [6.45, 7) is -0.568. The minimum atomic E-state index is -3.89. The van der Waals surface area contributed by atoms with E-state index < -0.39 is 28.5 Å². The number of benzene rings is 2. The Kier molecular flexibility index (Phi) is 9.93. The lowest BCUT2D eigenvalue weighted by atomic mass is 10.2. The average molecular weight is 521 g/mol. The maximum Gasteiger partial charge on any atom is 0.340 e. The molecule has 0 atom stereocenters. The van der Waals surface area contributed by atoms with Gasteiger partial charge in [0.2, 0.25) is 16.4 Å². The van der Waals surface area contributed by atoms with E-state index in [-0.39, 0.29) is 21.2 Å². The van der Waals surface area contributed by atoms with Gasteiger partial charge in [0.1, 0.15) is 0 Å². The van der Waals surface area contributed by atoms with E-state index in [1.807, 2.05) is 0 Å². The van der Waals surface area contributed by atoms with Gasteiger partial charge in [-0.15, -0.1) is 0 Å². The molecule has 2 rings (SSSR count). The van der Waals surface area contributed by atoms with E-state index in [9.17, 15) is 22.8 Å². The van der Waals surface area contributed by atoms with Crippen LogP contribution in [0.3, 0.4) is 0 Å². The van der Waals surface area contributed by atoms with Crippen LogP contribution < -0.4 is 10.5 Å². The summed E-state index contributed by atoms with van der Waals surface area (Å²) in [6, 6.07) is 10.0. The third kappa shape index (κ3) is 8.91. The number of nitrogens with one attached hydrogen (secondary N) is 1. The summed E-state index contributed by atoms with van der Waals surface area (Å²) in [5, 5.41) is 7.62. The van der Waals surface area contributed by atoms with Crippen LogP contribution in [-0.4, -0.2) is 52.3 Å². The monoisotopic (exact) mass is 519 g/mol. The van der Waals surface area contributed by atoms with Gasteiger partial charge >= 0.3 is 5.97 Å². The molecule has 2 aromatic carbocycles. The molecule has 30 heavy (non-hydrogen) atoms. The highest BCUT2D eigenvalue weighted by atomic mass is 79.9. The van der Waals surface area contributed by atoms with Crippen molar-refractivity contribution >= 4 is 61.5 Å². The zero-order valence-corrected chi connectivity index (χ0v) is 19.1. The van der Waals surface area contributed by atoms with Gasteiger partial charge < -0.3 is 15.0 Å². The Morgan fingerprint density at radius 3 is 2.43 bits per heavy atom. The Bertz CT molecular complexity index is 1030. The third-order valence-electron chi connectivity index (χ3n) is 3.14. The third-order valence-corrected chi connectivity index (χ3v) is 4.87. The van der Waals surface area contributed by atoms with E-state index >= 15 is 0 Å². The quantitative estimate of drug-likeness (QED) is 0.443. The molecule has 0 aliphatic rings. The van der Waals surface area contributed by atoms with Gasteiger partial charge in [0.15, 0.2) is 6.61 Å². The van der Waals surface area contributed by atoms with Gasteiger partial charge in [-0.1, -0.05) is 33.6 Å². The molecule has 9 nitrogen and oxygen atoms in total. The van der Waals surface area contributed by atoms with Crippen LogP contribution in [0, 0.1) is 0 Å². The Morgan fingerprint density at radius 2 is 1.87 bits per heavy atom. The summed E-state index contributed by atoms with van der Waals surface area (Å²) in [6.07, 6.45) is 0.750. The number of halogens is 2. The molecule has 12 heteroatoms. The smallest absolute Gasteiger partial charge is 0.340 e. The summed E-state index contributed by atoms with van der Waals surface area (Å²) in [5.74, 6) is -1.41. The number of hydrogen-bond acceptors (Lipinski definition) is 6. The van der Waals surface area contributed by atoms with E-state index in [1.165, 1.54) is 41.3 Å². The molecule has 3 N–H and O–H groups in total. The van der Waals surface area contributed by atoms with E-state index in [0.29, 0.717) is 4.47 Å². The van der Waals surface area contributed by atoms with E-state index in [1.54, 1.807) is 20.2 Å². The summed E-state index contributed by atoms with van der Waals surface area (Å²) in [5.41, 5.74) is 0.313. The first-order chi connectivity index (χ1) is 13.9. The number of sulfonamides is 1. The fourth-order valence-corrected chi connectivity index (χ4v) is 2.93. The highest BCUT2D eigenvalue weighted by molar-refractivity contribution is 9.10. The topological polar surface area (TPSA) is 136 Å². The van der Waals surface area contributed by atoms with Crippen molar-refractivity contribution in [1.82, 2.24) is 4.90 Å². The zero-order chi connectivity index (χ0) is 22.9. The maximum atomic E-state index is 12.0. The number of rotatable bonds is 6. The van der Waals surface area contributed by atoms with E-state index in [0.717, 1.165) is 6.41 Å². The fourth-order valence-electron chi connectivity index (χ4n) is 1.81. The van der Waals surface area contributed by atoms with Crippen LogP contribution in [0.5, 0.6) is 0 Å². The number of anilines is 1. The Labute approximate surface area is 187 Å². The molecule has 0 saturated heterocycles. The fraction of sp³-hybridized carbons (Fsp3) is 0.167. The number of carbonyl (C=O) groups is 3. The lowest BCUT2D eigenvalue weighted by Crippen LogP contribution is -2.21. The van der Waals surface area contributed by atoms with Crippen molar-refractivity contribution < 1.29 is 27.5 Å². The predicted molar refractivity (Wildman–Crippen MR) is 116 cm³/mol. The first kappa shape index (κ1) is 25.6. The number of esters is 1. The number of nitrogens with zero attached hydrogens (tertiary/aromatic N) is 1.